The van der Waals surface area contributed by atoms with Gasteiger partial charge in [0, 0.05) is 22.0 Å². The van der Waals surface area contributed by atoms with Gasteiger partial charge in [-0.1, -0.05) is 72.3 Å². The predicted molar refractivity (Wildman–Crippen MR) is 308 cm³/mol. The summed E-state index contributed by atoms with van der Waals surface area (Å²) in [5.74, 6) is -4.24. The molecule has 9 rings (SSSR count). The van der Waals surface area contributed by atoms with Crippen LogP contribution in [0.1, 0.15) is 122 Å². The molecular weight excluding hydrogens is 1190 g/mol. The number of rotatable bonds is 15. The zero-order valence-electron chi connectivity index (χ0n) is 53.3. The van der Waals surface area contributed by atoms with Crippen molar-refractivity contribution in [1.29, 1.82) is 0 Å². The molecule has 0 radical (unpaired) electrons. The van der Waals surface area contributed by atoms with Crippen LogP contribution < -0.4 is 0 Å². The van der Waals surface area contributed by atoms with Crippen molar-refractivity contribution < 1.29 is 133 Å². The van der Waals surface area contributed by atoms with Gasteiger partial charge in [0.25, 0.3) is 0 Å². The van der Waals surface area contributed by atoms with Gasteiger partial charge in [0.05, 0.1) is 49.7 Å². The second kappa shape index (κ2) is 26.1. The maximum Gasteiger partial charge on any atom is 0.335 e. The molecule has 5 aliphatic carbocycles. The first-order valence-corrected chi connectivity index (χ1v) is 31.5. The van der Waals surface area contributed by atoms with Crippen molar-refractivity contribution in [2.75, 3.05) is 19.8 Å². The monoisotopic (exact) mass is 1290 g/mol. The zero-order valence-corrected chi connectivity index (χ0v) is 53.3. The number of carboxylic acid groups (broad SMARTS) is 1. The van der Waals surface area contributed by atoms with Crippen LogP contribution in [-0.4, -0.2) is 256 Å². The number of aliphatic hydroxyl groups is 13. The summed E-state index contributed by atoms with van der Waals surface area (Å²) in [6.07, 6.45) is -34.4. The van der Waals surface area contributed by atoms with Crippen molar-refractivity contribution in [3.8, 4) is 0 Å². The van der Waals surface area contributed by atoms with Crippen molar-refractivity contribution in [2.24, 2.45) is 50.2 Å². The number of carbonyl (C=O) groups is 3. The van der Waals surface area contributed by atoms with Crippen LogP contribution in [0.25, 0.3) is 0 Å². The van der Waals surface area contributed by atoms with E-state index in [0.29, 0.717) is 31.3 Å². The van der Waals surface area contributed by atoms with Crippen molar-refractivity contribution >= 4 is 17.9 Å². The molecule has 4 aliphatic heterocycles. The third kappa shape index (κ3) is 11.5. The molecule has 0 aromatic heterocycles. The Morgan fingerprint density at radius 1 is 0.622 bits per heavy atom. The fourth-order valence-corrected chi connectivity index (χ4v) is 17.6. The molecule has 512 valence electrons. The third-order valence-corrected chi connectivity index (χ3v) is 23.4. The summed E-state index contributed by atoms with van der Waals surface area (Å²) in [7, 11) is 0. The Kier molecular flexibility index (Phi) is 20.6. The maximum atomic E-state index is 13.9. The largest absolute Gasteiger partial charge is 0.479 e. The molecule has 0 aromatic carbocycles. The lowest BCUT2D eigenvalue weighted by Crippen LogP contribution is -2.76. The molecule has 0 bridgehead atoms. The fourth-order valence-electron chi connectivity index (χ4n) is 17.6. The fraction of sp³-hybridized carbons (Fsp3) is 0.857. The second-order valence-electron chi connectivity index (χ2n) is 28.8. The number of allylic oxidation sites excluding steroid dienone is 3. The average molecular weight is 1290 g/mol. The van der Waals surface area contributed by atoms with E-state index in [1.165, 1.54) is 6.92 Å². The predicted octanol–water partition coefficient (Wildman–Crippen LogP) is -0.885. The van der Waals surface area contributed by atoms with Gasteiger partial charge in [-0.15, -0.1) is 0 Å². The van der Waals surface area contributed by atoms with Gasteiger partial charge < -0.3 is 119 Å². The number of fused-ring (bicyclic) bond motifs is 7. The summed E-state index contributed by atoms with van der Waals surface area (Å²) >= 11 is 0. The minimum atomic E-state index is -2.24. The van der Waals surface area contributed by atoms with Crippen LogP contribution in [0.4, 0.5) is 0 Å². The van der Waals surface area contributed by atoms with E-state index in [-0.39, 0.29) is 30.3 Å². The Bertz CT molecular complexity index is 2700. The van der Waals surface area contributed by atoms with Crippen molar-refractivity contribution in [3.05, 3.63) is 34.9 Å². The van der Waals surface area contributed by atoms with Crippen molar-refractivity contribution in [3.63, 3.8) is 0 Å². The van der Waals surface area contributed by atoms with Gasteiger partial charge in [-0.05, 0) is 107 Å². The average Bonchev–Trinajstić information content (AvgIpc) is 0.663. The number of ether oxygens (including phenoxy) is 10. The van der Waals surface area contributed by atoms with Crippen LogP contribution in [0, 0.1) is 50.2 Å². The molecule has 0 amide bonds. The summed E-state index contributed by atoms with van der Waals surface area (Å²) in [6, 6.07) is 0. The topological polar surface area (TPSA) is 427 Å². The summed E-state index contributed by atoms with van der Waals surface area (Å²) in [6.45, 7) is 19.7. The normalized spacial score (nSPS) is 50.2. The maximum absolute atomic E-state index is 13.9. The van der Waals surface area contributed by atoms with E-state index >= 15 is 0 Å². The van der Waals surface area contributed by atoms with E-state index in [1.807, 2.05) is 34.6 Å². The third-order valence-electron chi connectivity index (χ3n) is 23.4. The number of aliphatic carboxylic acids is 1. The first-order chi connectivity index (χ1) is 42.0. The molecule has 0 spiro atoms. The van der Waals surface area contributed by atoms with Crippen LogP contribution in [-0.2, 0) is 61.8 Å². The molecule has 8 fully saturated rings. The Hall–Kier alpha value is -3.21. The summed E-state index contributed by atoms with van der Waals surface area (Å²) in [4.78, 5) is 40.8. The Morgan fingerprint density at radius 3 is 1.79 bits per heavy atom. The van der Waals surface area contributed by atoms with E-state index in [0.717, 1.165) is 5.57 Å². The standard InChI is InChI=1S/C63H98O27/c1-13-25(3)52(79)89-49-50(90-53(80)26(4)14-2)63(24-65)29(21-58(49,6)7)28-15-16-33-60(10)19-18-34(59(8,9)32(60)17-20-61(33,11)62(28,12)47(75)48(63)76)84-57-46(88-55-41(73)39(71)37(69)31(22-64)83-55)43(42(74)44(86-57)51(77)78)85-56-45(36(68)30(66)23-81-56)87-54-40(72)38(70)35(67)27(5)82-54/h13-15,27,29-50,54-57,64-76H,16-24H2,1-12H3,(H,77,78)/b25-13+,26-14+/t27-,29-,30-,31+,32-,33+,34-,35-,36-,37-,38+,39-,40+,41+,42-,43-,44-,45+,46+,47-,48+,49-,50-,54+,55+,56-,57+,60-,61+,62-,63-/m0/s1. The lowest BCUT2D eigenvalue weighted by atomic mass is 9.32. The molecule has 14 N–H and O–H groups in total. The molecule has 4 saturated heterocycles. The number of carboxylic acids is 1. The van der Waals surface area contributed by atoms with Crippen molar-refractivity contribution in [2.45, 2.75) is 269 Å². The van der Waals surface area contributed by atoms with Gasteiger partial charge in [-0.25, -0.2) is 14.4 Å². The lowest BCUT2D eigenvalue weighted by Gasteiger charge is -2.73. The van der Waals surface area contributed by atoms with Crippen molar-refractivity contribution in [1.82, 2.24) is 0 Å². The van der Waals surface area contributed by atoms with Gasteiger partial charge in [-0.2, -0.15) is 0 Å². The lowest BCUT2D eigenvalue weighted by molar-refractivity contribution is -0.401. The number of hydrogen-bond donors (Lipinski definition) is 14. The highest BCUT2D eigenvalue weighted by Crippen LogP contribution is 2.76. The van der Waals surface area contributed by atoms with Gasteiger partial charge >= 0.3 is 17.9 Å². The highest BCUT2D eigenvalue weighted by Gasteiger charge is 2.76. The summed E-state index contributed by atoms with van der Waals surface area (Å²) < 4.78 is 61.6. The van der Waals surface area contributed by atoms with Crippen LogP contribution in [0.5, 0.6) is 0 Å². The first kappa shape index (κ1) is 71.1. The molecule has 4 saturated carbocycles. The molecule has 0 unspecified atom stereocenters. The number of esters is 2. The highest BCUT2D eigenvalue weighted by molar-refractivity contribution is 5.89. The Labute approximate surface area is 523 Å². The van der Waals surface area contributed by atoms with Crippen LogP contribution in [0.15, 0.2) is 34.9 Å². The van der Waals surface area contributed by atoms with E-state index in [4.69, 9.17) is 47.4 Å². The van der Waals surface area contributed by atoms with Crippen LogP contribution >= 0.6 is 0 Å². The number of carbonyl (C=O) groups excluding carboxylic acids is 2. The van der Waals surface area contributed by atoms with Crippen LogP contribution in [0.2, 0.25) is 0 Å². The molecular formula is C63H98O27. The minimum Gasteiger partial charge on any atom is -0.479 e. The Morgan fingerprint density at radius 2 is 1.20 bits per heavy atom. The molecule has 27 heteroatoms. The highest BCUT2D eigenvalue weighted by atomic mass is 16.8. The van der Waals surface area contributed by atoms with Gasteiger partial charge in [-0.3, -0.25) is 0 Å². The SMILES string of the molecule is C/C=C(\C)C(=O)O[C@H]1[C@H](OC(=O)/C(C)=C/C)[C@]2(CO)[C@H](O)[C@H](O)[C@]3(C)C(=CC[C@@H]4[C@@]5(C)CC[C@H](O[C@@H]6O[C@H](C(=O)O)[C@@H](O)[C@H](O[C@@H]7OC[C@H](O)[C@H](O)[C@H]7O[C@H]7O[C@@H](C)[C@H](O)[C@@H](O)[C@H]7O)[C@H]6O[C@H]6O[C@H](CO)[C@H](O)[C@H](O)[C@H]6O)C(C)(C)[C@@H]5CC[C@]43C)[C@@H]2CC1(C)C. The summed E-state index contributed by atoms with van der Waals surface area (Å²) in [5, 5.41) is 158. The van der Waals surface area contributed by atoms with Gasteiger partial charge in [0.15, 0.2) is 37.4 Å². The molecule has 31 atom stereocenters. The smallest absolute Gasteiger partial charge is 0.335 e. The first-order valence-electron chi connectivity index (χ1n) is 31.5. The van der Waals surface area contributed by atoms with Gasteiger partial charge in [0.1, 0.15) is 85.5 Å². The van der Waals surface area contributed by atoms with Crippen LogP contribution in [0.3, 0.4) is 0 Å². The zero-order chi connectivity index (χ0) is 66.6. The Balaban J connectivity index is 1.05. The van der Waals surface area contributed by atoms with E-state index in [9.17, 15) is 85.9 Å². The molecule has 4 heterocycles. The number of hydrogen-bond acceptors (Lipinski definition) is 26. The molecule has 27 nitrogen and oxygen atoms in total. The second-order valence-corrected chi connectivity index (χ2v) is 28.8. The van der Waals surface area contributed by atoms with Gasteiger partial charge in [0.2, 0.25) is 0 Å². The summed E-state index contributed by atoms with van der Waals surface area (Å²) in [5.41, 5.74) is -4.73. The molecule has 9 aliphatic rings. The van der Waals surface area contributed by atoms with E-state index in [1.54, 1.807) is 39.8 Å². The molecule has 90 heavy (non-hydrogen) atoms. The minimum absolute atomic E-state index is 0.199. The molecule has 0 aromatic rings. The quantitative estimate of drug-likeness (QED) is 0.0409. The van der Waals surface area contributed by atoms with E-state index in [2.05, 4.69) is 19.9 Å². The number of aliphatic hydroxyl groups excluding tert-OH is 13. The van der Waals surface area contributed by atoms with E-state index < -0.39 is 223 Å².